The van der Waals surface area contributed by atoms with Crippen LogP contribution in [0.25, 0.3) is 0 Å². The number of hydrogen-bond donors (Lipinski definition) is 0. The molecule has 110 valence electrons. The van der Waals surface area contributed by atoms with E-state index < -0.39 is 5.82 Å². The lowest BCUT2D eigenvalue weighted by Crippen LogP contribution is -2.57. The van der Waals surface area contributed by atoms with Crippen molar-refractivity contribution in [1.82, 2.24) is 9.80 Å². The van der Waals surface area contributed by atoms with Crippen LogP contribution >= 0.6 is 11.6 Å². The Balaban J connectivity index is 2.14. The molecule has 1 aromatic carbocycles. The van der Waals surface area contributed by atoms with E-state index in [-0.39, 0.29) is 17.0 Å². The number of rotatable bonds is 4. The number of nitrogens with zero attached hydrogens (tertiary/aromatic N) is 2. The molecule has 5 heteroatoms. The van der Waals surface area contributed by atoms with Crippen LogP contribution in [-0.2, 0) is 0 Å². The molecule has 0 atom stereocenters. The second-order valence-corrected chi connectivity index (χ2v) is 6.19. The van der Waals surface area contributed by atoms with Crippen LogP contribution in [0.4, 0.5) is 4.39 Å². The van der Waals surface area contributed by atoms with Crippen LogP contribution in [0.2, 0.25) is 5.02 Å². The Bertz CT molecular complexity index is 515. The lowest BCUT2D eigenvalue weighted by molar-refractivity contribution is 0.0250. The molecule has 1 saturated carbocycles. The van der Waals surface area contributed by atoms with E-state index in [2.05, 4.69) is 4.90 Å². The van der Waals surface area contributed by atoms with Crippen LogP contribution in [0, 0.1) is 5.82 Å². The Morgan fingerprint density at radius 1 is 1.35 bits per heavy atom. The van der Waals surface area contributed by atoms with Crippen molar-refractivity contribution < 1.29 is 9.18 Å². The lowest BCUT2D eigenvalue weighted by atomic mass is 9.75. The van der Waals surface area contributed by atoms with Gasteiger partial charge in [0.25, 0.3) is 5.91 Å². The number of amides is 1. The molecule has 0 N–H and O–H groups in total. The Kier molecular flexibility index (Phi) is 4.35. The fraction of sp³-hybridized carbons (Fsp3) is 0.533. The van der Waals surface area contributed by atoms with Gasteiger partial charge < -0.3 is 9.80 Å². The van der Waals surface area contributed by atoms with Crippen molar-refractivity contribution in [2.24, 2.45) is 0 Å². The Hall–Kier alpha value is -1.13. The summed E-state index contributed by atoms with van der Waals surface area (Å²) in [5.74, 6) is -0.850. The summed E-state index contributed by atoms with van der Waals surface area (Å²) < 4.78 is 13.8. The molecule has 20 heavy (non-hydrogen) atoms. The molecule has 0 spiro atoms. The van der Waals surface area contributed by atoms with Gasteiger partial charge in [-0.05, 0) is 51.6 Å². The number of carbonyl (C=O) groups is 1. The van der Waals surface area contributed by atoms with Crippen LogP contribution < -0.4 is 0 Å². The largest absolute Gasteiger partial charge is 0.340 e. The molecular formula is C15H20ClFN2O. The van der Waals surface area contributed by atoms with E-state index in [9.17, 15) is 9.18 Å². The Morgan fingerprint density at radius 3 is 2.50 bits per heavy atom. The van der Waals surface area contributed by atoms with Crippen LogP contribution in [0.1, 0.15) is 29.6 Å². The van der Waals surface area contributed by atoms with E-state index >= 15 is 0 Å². The second-order valence-electron chi connectivity index (χ2n) is 5.76. The fourth-order valence-electron chi connectivity index (χ4n) is 2.71. The molecule has 1 amide bonds. The maximum atomic E-state index is 13.8. The SMILES string of the molecule is CN(CC1(N(C)C)CCC1)C(=O)c1cc(Cl)ccc1F. The zero-order valence-electron chi connectivity index (χ0n) is 12.1. The molecule has 1 aliphatic carbocycles. The summed E-state index contributed by atoms with van der Waals surface area (Å²) >= 11 is 5.84. The maximum Gasteiger partial charge on any atom is 0.256 e. The van der Waals surface area contributed by atoms with Gasteiger partial charge in [-0.25, -0.2) is 4.39 Å². The number of halogens is 2. The molecule has 1 fully saturated rings. The molecule has 0 saturated heterocycles. The minimum Gasteiger partial charge on any atom is -0.340 e. The van der Waals surface area contributed by atoms with E-state index in [0.29, 0.717) is 11.6 Å². The maximum absolute atomic E-state index is 13.8. The highest BCUT2D eigenvalue weighted by Gasteiger charge is 2.40. The van der Waals surface area contributed by atoms with Gasteiger partial charge in [0.15, 0.2) is 0 Å². The highest BCUT2D eigenvalue weighted by atomic mass is 35.5. The number of hydrogen-bond acceptors (Lipinski definition) is 2. The van der Waals surface area contributed by atoms with Crippen molar-refractivity contribution in [1.29, 1.82) is 0 Å². The molecule has 0 bridgehead atoms. The lowest BCUT2D eigenvalue weighted by Gasteiger charge is -2.49. The van der Waals surface area contributed by atoms with Gasteiger partial charge in [0.05, 0.1) is 5.56 Å². The van der Waals surface area contributed by atoms with Crippen LogP contribution in [-0.4, -0.2) is 48.9 Å². The summed E-state index contributed by atoms with van der Waals surface area (Å²) in [5, 5.41) is 0.370. The number of carbonyl (C=O) groups excluding carboxylic acids is 1. The highest BCUT2D eigenvalue weighted by Crippen LogP contribution is 2.36. The smallest absolute Gasteiger partial charge is 0.256 e. The Labute approximate surface area is 124 Å². The van der Waals surface area contributed by atoms with Crippen LogP contribution in [0.5, 0.6) is 0 Å². The van der Waals surface area contributed by atoms with E-state index in [1.807, 2.05) is 14.1 Å². The van der Waals surface area contributed by atoms with Gasteiger partial charge in [0.2, 0.25) is 0 Å². The molecule has 0 aliphatic heterocycles. The standard InChI is InChI=1S/C15H20ClFN2O/c1-18(2)15(7-4-8-15)10-19(3)14(20)12-9-11(16)5-6-13(12)17/h5-6,9H,4,7-8,10H2,1-3H3. The first kappa shape index (κ1) is 15.3. The van der Waals surface area contributed by atoms with E-state index in [1.165, 1.54) is 24.6 Å². The first-order valence-corrected chi connectivity index (χ1v) is 7.11. The third-order valence-corrected chi connectivity index (χ3v) is 4.51. The summed E-state index contributed by atoms with van der Waals surface area (Å²) in [4.78, 5) is 16.1. The molecule has 0 unspecified atom stereocenters. The summed E-state index contributed by atoms with van der Waals surface area (Å²) in [6.07, 6.45) is 3.30. The first-order valence-electron chi connectivity index (χ1n) is 6.74. The van der Waals surface area contributed by atoms with E-state index in [4.69, 9.17) is 11.6 Å². The molecule has 0 heterocycles. The van der Waals surface area contributed by atoms with Crippen LogP contribution in [0.3, 0.4) is 0 Å². The quantitative estimate of drug-likeness (QED) is 0.853. The van der Waals surface area contributed by atoms with Gasteiger partial charge >= 0.3 is 0 Å². The minimum absolute atomic E-state index is 0.0272. The normalized spacial score (nSPS) is 16.9. The minimum atomic E-state index is -0.529. The predicted octanol–water partition coefficient (Wildman–Crippen LogP) is 3.04. The van der Waals surface area contributed by atoms with Crippen molar-refractivity contribution in [3.8, 4) is 0 Å². The van der Waals surface area contributed by atoms with Crippen molar-refractivity contribution in [2.45, 2.75) is 24.8 Å². The molecular weight excluding hydrogens is 279 g/mol. The molecule has 2 rings (SSSR count). The summed E-state index contributed by atoms with van der Waals surface area (Å²) in [5.41, 5.74) is 0.0626. The first-order chi connectivity index (χ1) is 9.35. The molecule has 1 aromatic rings. The van der Waals surface area contributed by atoms with Gasteiger partial charge in [-0.3, -0.25) is 4.79 Å². The third-order valence-electron chi connectivity index (χ3n) is 4.27. The summed E-state index contributed by atoms with van der Waals surface area (Å²) in [6, 6.07) is 4.06. The topological polar surface area (TPSA) is 23.6 Å². The third kappa shape index (κ3) is 2.81. The van der Waals surface area contributed by atoms with Crippen molar-refractivity contribution in [2.75, 3.05) is 27.7 Å². The van der Waals surface area contributed by atoms with Crippen molar-refractivity contribution >= 4 is 17.5 Å². The number of benzene rings is 1. The molecule has 0 radical (unpaired) electrons. The zero-order chi connectivity index (χ0) is 14.9. The van der Waals surface area contributed by atoms with E-state index in [1.54, 1.807) is 11.9 Å². The Morgan fingerprint density at radius 2 is 2.00 bits per heavy atom. The van der Waals surface area contributed by atoms with Gasteiger partial charge in [-0.2, -0.15) is 0 Å². The van der Waals surface area contributed by atoms with Gasteiger partial charge in [0.1, 0.15) is 5.82 Å². The molecule has 0 aromatic heterocycles. The van der Waals surface area contributed by atoms with E-state index in [0.717, 1.165) is 12.8 Å². The average molecular weight is 299 g/mol. The number of likely N-dealkylation sites (N-methyl/N-ethyl adjacent to an activating group) is 2. The van der Waals surface area contributed by atoms with Crippen molar-refractivity contribution in [3.63, 3.8) is 0 Å². The average Bonchev–Trinajstić information content (AvgIpc) is 2.35. The zero-order valence-corrected chi connectivity index (χ0v) is 12.9. The predicted molar refractivity (Wildman–Crippen MR) is 78.6 cm³/mol. The monoisotopic (exact) mass is 298 g/mol. The van der Waals surface area contributed by atoms with Gasteiger partial charge in [-0.15, -0.1) is 0 Å². The second kappa shape index (κ2) is 5.70. The summed E-state index contributed by atoms with van der Waals surface area (Å²) in [7, 11) is 5.77. The van der Waals surface area contributed by atoms with Crippen LogP contribution in [0.15, 0.2) is 18.2 Å². The molecule has 1 aliphatic rings. The summed E-state index contributed by atoms with van der Waals surface area (Å²) in [6.45, 7) is 0.602. The fourth-order valence-corrected chi connectivity index (χ4v) is 2.88. The van der Waals surface area contributed by atoms with Crippen molar-refractivity contribution in [3.05, 3.63) is 34.6 Å². The highest BCUT2D eigenvalue weighted by molar-refractivity contribution is 6.30. The van der Waals surface area contributed by atoms with Gasteiger partial charge in [-0.1, -0.05) is 11.6 Å². The molecule has 3 nitrogen and oxygen atoms in total. The van der Waals surface area contributed by atoms with Gasteiger partial charge in [0, 0.05) is 24.2 Å².